The maximum Gasteiger partial charge on any atom is 0.223 e. The maximum absolute atomic E-state index is 11.6. The average molecular weight is 282 g/mol. The second-order valence-electron chi connectivity index (χ2n) is 5.01. The van der Waals surface area contributed by atoms with Crippen molar-refractivity contribution >= 4 is 17.5 Å². The molecule has 0 radical (unpaired) electrons. The number of rotatable bonds is 7. The molecule has 1 aliphatic carbocycles. The van der Waals surface area contributed by atoms with Crippen LogP contribution in [0.3, 0.4) is 0 Å². The first-order valence-electron chi connectivity index (χ1n) is 6.74. The van der Waals surface area contributed by atoms with Crippen molar-refractivity contribution in [2.45, 2.75) is 32.2 Å². The van der Waals surface area contributed by atoms with Gasteiger partial charge in [0.2, 0.25) is 5.91 Å². The van der Waals surface area contributed by atoms with Gasteiger partial charge in [-0.2, -0.15) is 0 Å². The van der Waals surface area contributed by atoms with Crippen molar-refractivity contribution in [2.75, 3.05) is 13.7 Å². The summed E-state index contributed by atoms with van der Waals surface area (Å²) in [6.07, 6.45) is 4.01. The summed E-state index contributed by atoms with van der Waals surface area (Å²) in [5.41, 5.74) is 2.22. The van der Waals surface area contributed by atoms with E-state index in [1.54, 1.807) is 7.11 Å². The molecular weight excluding hydrogens is 262 g/mol. The van der Waals surface area contributed by atoms with Crippen molar-refractivity contribution in [3.05, 3.63) is 34.3 Å². The van der Waals surface area contributed by atoms with Crippen LogP contribution in [0.25, 0.3) is 0 Å². The van der Waals surface area contributed by atoms with E-state index in [0.717, 1.165) is 37.9 Å². The summed E-state index contributed by atoms with van der Waals surface area (Å²) in [5, 5.41) is 3.66. The average Bonchev–Trinajstić information content (AvgIpc) is 3.23. The molecule has 0 saturated heterocycles. The molecule has 4 heteroatoms. The number of methoxy groups -OCH3 is 1. The fourth-order valence-electron chi connectivity index (χ4n) is 2.01. The molecule has 0 heterocycles. The van der Waals surface area contributed by atoms with Gasteiger partial charge in [0.05, 0.1) is 0 Å². The lowest BCUT2D eigenvalue weighted by atomic mass is 10.1. The summed E-state index contributed by atoms with van der Waals surface area (Å²) >= 11 is 6.16. The lowest BCUT2D eigenvalue weighted by molar-refractivity contribution is -0.122. The Morgan fingerprint density at radius 1 is 1.47 bits per heavy atom. The van der Waals surface area contributed by atoms with Gasteiger partial charge in [-0.15, -0.1) is 0 Å². The third kappa shape index (κ3) is 4.51. The number of carbonyl (C=O) groups excluding carboxylic acids is 1. The predicted molar refractivity (Wildman–Crippen MR) is 76.2 cm³/mol. The quantitative estimate of drug-likeness (QED) is 0.781. The van der Waals surface area contributed by atoms with Crippen LogP contribution in [0, 0.1) is 5.92 Å². The van der Waals surface area contributed by atoms with E-state index in [2.05, 4.69) is 11.4 Å². The molecule has 0 aromatic heterocycles. The standard InChI is InChI=1S/C15H20ClNO2/c1-19-8-2-3-11-4-7-14(16)13(9-11)10-17-15(18)12-5-6-12/h4,7,9,12H,2-3,5-6,8,10H2,1H3,(H,17,18). The number of benzene rings is 1. The Balaban J connectivity index is 1.90. The third-order valence-electron chi connectivity index (χ3n) is 3.33. The Labute approximate surface area is 119 Å². The molecule has 104 valence electrons. The van der Waals surface area contributed by atoms with Crippen LogP contribution in [0.4, 0.5) is 0 Å². The number of aryl methyl sites for hydroxylation is 1. The van der Waals surface area contributed by atoms with Crippen molar-refractivity contribution in [1.82, 2.24) is 5.32 Å². The first-order chi connectivity index (χ1) is 9.20. The van der Waals surface area contributed by atoms with Crippen LogP contribution in [0.5, 0.6) is 0 Å². The second-order valence-corrected chi connectivity index (χ2v) is 5.42. The Morgan fingerprint density at radius 3 is 2.95 bits per heavy atom. The molecule has 0 spiro atoms. The molecule has 1 fully saturated rings. The zero-order valence-corrected chi connectivity index (χ0v) is 12.0. The van der Waals surface area contributed by atoms with E-state index < -0.39 is 0 Å². The third-order valence-corrected chi connectivity index (χ3v) is 3.69. The van der Waals surface area contributed by atoms with Gasteiger partial charge in [-0.1, -0.05) is 23.7 Å². The zero-order valence-electron chi connectivity index (χ0n) is 11.2. The Kier molecular flexibility index (Phi) is 5.23. The molecule has 1 amide bonds. The first-order valence-corrected chi connectivity index (χ1v) is 7.12. The van der Waals surface area contributed by atoms with Gasteiger partial charge in [-0.3, -0.25) is 4.79 Å². The van der Waals surface area contributed by atoms with E-state index in [1.807, 2.05) is 12.1 Å². The van der Waals surface area contributed by atoms with Gasteiger partial charge in [0.1, 0.15) is 0 Å². The minimum absolute atomic E-state index is 0.154. The fraction of sp³-hybridized carbons (Fsp3) is 0.533. The molecule has 0 unspecified atom stereocenters. The monoisotopic (exact) mass is 281 g/mol. The Bertz CT molecular complexity index is 444. The van der Waals surface area contributed by atoms with Crippen molar-refractivity contribution in [3.8, 4) is 0 Å². The Morgan fingerprint density at radius 2 is 2.26 bits per heavy atom. The smallest absolute Gasteiger partial charge is 0.223 e. The summed E-state index contributed by atoms with van der Waals surface area (Å²) in [7, 11) is 1.71. The van der Waals surface area contributed by atoms with Gasteiger partial charge >= 0.3 is 0 Å². The number of carbonyl (C=O) groups is 1. The van der Waals surface area contributed by atoms with Gasteiger partial charge in [-0.25, -0.2) is 0 Å². The maximum atomic E-state index is 11.6. The molecule has 1 saturated carbocycles. The molecule has 19 heavy (non-hydrogen) atoms. The van der Waals surface area contributed by atoms with Gasteiger partial charge in [0.15, 0.2) is 0 Å². The largest absolute Gasteiger partial charge is 0.385 e. The highest BCUT2D eigenvalue weighted by Crippen LogP contribution is 2.29. The van der Waals surface area contributed by atoms with Gasteiger partial charge in [-0.05, 0) is 42.9 Å². The van der Waals surface area contributed by atoms with E-state index in [4.69, 9.17) is 16.3 Å². The van der Waals surface area contributed by atoms with Crippen LogP contribution in [0.2, 0.25) is 5.02 Å². The first kappa shape index (κ1) is 14.4. The van der Waals surface area contributed by atoms with Gasteiger partial charge in [0, 0.05) is 31.2 Å². The number of ether oxygens (including phenoxy) is 1. The molecule has 3 nitrogen and oxygen atoms in total. The summed E-state index contributed by atoms with van der Waals surface area (Å²) < 4.78 is 5.05. The highest BCUT2D eigenvalue weighted by Gasteiger charge is 2.29. The normalized spacial score (nSPS) is 14.4. The highest BCUT2D eigenvalue weighted by atomic mass is 35.5. The van der Waals surface area contributed by atoms with E-state index in [-0.39, 0.29) is 11.8 Å². The number of nitrogens with one attached hydrogen (secondary N) is 1. The SMILES string of the molecule is COCCCc1ccc(Cl)c(CNC(=O)C2CC2)c1. The molecule has 0 atom stereocenters. The van der Waals surface area contributed by atoms with E-state index in [9.17, 15) is 4.79 Å². The Hall–Kier alpha value is -1.06. The summed E-state index contributed by atoms with van der Waals surface area (Å²) in [4.78, 5) is 11.6. The van der Waals surface area contributed by atoms with Crippen LogP contribution in [0.15, 0.2) is 18.2 Å². The van der Waals surface area contributed by atoms with Crippen LogP contribution in [0.1, 0.15) is 30.4 Å². The van der Waals surface area contributed by atoms with Crippen molar-refractivity contribution < 1.29 is 9.53 Å². The summed E-state index contributed by atoms with van der Waals surface area (Å²) in [5.74, 6) is 0.393. The van der Waals surface area contributed by atoms with Crippen molar-refractivity contribution in [2.24, 2.45) is 5.92 Å². The number of hydrogen-bond donors (Lipinski definition) is 1. The number of halogens is 1. The lowest BCUT2D eigenvalue weighted by Crippen LogP contribution is -2.24. The molecule has 0 bridgehead atoms. The zero-order chi connectivity index (χ0) is 13.7. The molecule has 0 aliphatic heterocycles. The van der Waals surface area contributed by atoms with E-state index in [1.165, 1.54) is 5.56 Å². The van der Waals surface area contributed by atoms with Gasteiger partial charge in [0.25, 0.3) is 0 Å². The minimum atomic E-state index is 0.154. The summed E-state index contributed by atoms with van der Waals surface area (Å²) in [6, 6.07) is 6.01. The highest BCUT2D eigenvalue weighted by molar-refractivity contribution is 6.31. The molecular formula is C15H20ClNO2. The van der Waals surface area contributed by atoms with E-state index >= 15 is 0 Å². The van der Waals surface area contributed by atoms with Crippen LogP contribution >= 0.6 is 11.6 Å². The van der Waals surface area contributed by atoms with Gasteiger partial charge < -0.3 is 10.1 Å². The summed E-state index contributed by atoms with van der Waals surface area (Å²) in [6.45, 7) is 1.28. The fourth-order valence-corrected chi connectivity index (χ4v) is 2.20. The van der Waals surface area contributed by atoms with Crippen molar-refractivity contribution in [3.63, 3.8) is 0 Å². The molecule has 1 aromatic carbocycles. The molecule has 2 rings (SSSR count). The van der Waals surface area contributed by atoms with Crippen molar-refractivity contribution in [1.29, 1.82) is 0 Å². The van der Waals surface area contributed by atoms with Crippen LogP contribution < -0.4 is 5.32 Å². The predicted octanol–water partition coefficient (Wildman–Crippen LogP) is 2.95. The number of hydrogen-bond acceptors (Lipinski definition) is 2. The minimum Gasteiger partial charge on any atom is -0.385 e. The van der Waals surface area contributed by atoms with Crippen LogP contribution in [-0.2, 0) is 22.5 Å². The second kappa shape index (κ2) is 6.92. The van der Waals surface area contributed by atoms with E-state index in [0.29, 0.717) is 11.6 Å². The van der Waals surface area contributed by atoms with Crippen LogP contribution in [-0.4, -0.2) is 19.6 Å². The molecule has 1 aromatic rings. The number of amides is 1. The topological polar surface area (TPSA) is 38.3 Å². The molecule has 1 N–H and O–H groups in total. The lowest BCUT2D eigenvalue weighted by Gasteiger charge is -2.09. The molecule has 1 aliphatic rings.